The molecular formula is C30H29NO2. The van der Waals surface area contributed by atoms with Crippen LogP contribution in [-0.2, 0) is 5.60 Å². The van der Waals surface area contributed by atoms with Crippen molar-refractivity contribution in [3.63, 3.8) is 0 Å². The summed E-state index contributed by atoms with van der Waals surface area (Å²) in [7, 11) is 0. The van der Waals surface area contributed by atoms with E-state index in [1.807, 2.05) is 124 Å². The molecule has 3 heteroatoms. The molecule has 33 heavy (non-hydrogen) atoms. The van der Waals surface area contributed by atoms with E-state index >= 15 is 0 Å². The average Bonchev–Trinajstić information content (AvgIpc) is 2.84. The molecular weight excluding hydrogens is 406 g/mol. The molecule has 0 fully saturated rings. The molecule has 0 heterocycles. The van der Waals surface area contributed by atoms with Crippen LogP contribution in [-0.4, -0.2) is 11.0 Å². The van der Waals surface area contributed by atoms with Crippen LogP contribution in [0.3, 0.4) is 0 Å². The van der Waals surface area contributed by atoms with E-state index in [0.717, 1.165) is 33.4 Å². The molecule has 2 N–H and O–H groups in total. The Balaban J connectivity index is 1.87. The summed E-state index contributed by atoms with van der Waals surface area (Å²) in [4.78, 5) is 13.3. The van der Waals surface area contributed by atoms with Crippen molar-refractivity contribution in [1.29, 1.82) is 0 Å². The van der Waals surface area contributed by atoms with E-state index in [9.17, 15) is 9.90 Å². The SMILES string of the molecule is Cc1ccc(C(=O)N[C@@H](c2ccccc2)C(O)(c2ccc(C)cc2)c2ccc(C)cc2)cc1. The first-order valence-corrected chi connectivity index (χ1v) is 11.2. The van der Waals surface area contributed by atoms with E-state index in [0.29, 0.717) is 5.56 Å². The van der Waals surface area contributed by atoms with Crippen LogP contribution >= 0.6 is 0 Å². The van der Waals surface area contributed by atoms with Crippen LogP contribution in [0.1, 0.15) is 49.8 Å². The standard InChI is InChI=1S/C30H29NO2/c1-21-9-15-25(16-10-21)29(32)31-28(24-7-5-4-6-8-24)30(33,26-17-11-22(2)12-18-26)27-19-13-23(3)14-20-27/h4-20,28,33H,1-3H3,(H,31,32)/t28-/m0/s1. The van der Waals surface area contributed by atoms with Gasteiger partial charge in [-0.2, -0.15) is 0 Å². The number of carbonyl (C=O) groups excluding carboxylic acids is 1. The topological polar surface area (TPSA) is 49.3 Å². The molecule has 4 rings (SSSR count). The van der Waals surface area contributed by atoms with Crippen LogP contribution in [0.25, 0.3) is 0 Å². The zero-order chi connectivity index (χ0) is 23.4. The van der Waals surface area contributed by atoms with E-state index in [-0.39, 0.29) is 5.91 Å². The van der Waals surface area contributed by atoms with Gasteiger partial charge in [0.25, 0.3) is 5.91 Å². The molecule has 0 unspecified atom stereocenters. The smallest absolute Gasteiger partial charge is 0.251 e. The van der Waals surface area contributed by atoms with E-state index in [1.165, 1.54) is 0 Å². The van der Waals surface area contributed by atoms with Crippen molar-refractivity contribution < 1.29 is 9.90 Å². The van der Waals surface area contributed by atoms with Crippen LogP contribution < -0.4 is 5.32 Å². The second-order valence-corrected chi connectivity index (χ2v) is 8.68. The van der Waals surface area contributed by atoms with Gasteiger partial charge in [0.2, 0.25) is 0 Å². The van der Waals surface area contributed by atoms with Crippen LogP contribution in [0.2, 0.25) is 0 Å². The summed E-state index contributed by atoms with van der Waals surface area (Å²) in [6.45, 7) is 6.02. The lowest BCUT2D eigenvalue weighted by molar-refractivity contribution is 0.0337. The van der Waals surface area contributed by atoms with E-state index < -0.39 is 11.6 Å². The molecule has 0 aliphatic heterocycles. The first-order valence-electron chi connectivity index (χ1n) is 11.2. The number of aliphatic hydroxyl groups is 1. The van der Waals surface area contributed by atoms with Gasteiger partial charge in [-0.3, -0.25) is 4.79 Å². The summed E-state index contributed by atoms with van der Waals surface area (Å²) < 4.78 is 0. The number of hydrogen-bond acceptors (Lipinski definition) is 2. The molecule has 0 aromatic heterocycles. The summed E-state index contributed by atoms with van der Waals surface area (Å²) in [6, 6.07) is 32.1. The van der Waals surface area contributed by atoms with Gasteiger partial charge in [0.1, 0.15) is 5.60 Å². The quantitative estimate of drug-likeness (QED) is 0.389. The number of rotatable bonds is 6. The van der Waals surface area contributed by atoms with Gasteiger partial charge in [-0.15, -0.1) is 0 Å². The first-order chi connectivity index (χ1) is 15.9. The molecule has 0 saturated carbocycles. The van der Waals surface area contributed by atoms with Gasteiger partial charge in [0, 0.05) is 5.56 Å². The van der Waals surface area contributed by atoms with Gasteiger partial charge in [-0.05, 0) is 49.6 Å². The Bertz CT molecular complexity index is 1170. The van der Waals surface area contributed by atoms with Crippen LogP contribution in [0, 0.1) is 20.8 Å². The zero-order valence-corrected chi connectivity index (χ0v) is 19.2. The highest BCUT2D eigenvalue weighted by Gasteiger charge is 2.42. The lowest BCUT2D eigenvalue weighted by Crippen LogP contribution is -2.45. The van der Waals surface area contributed by atoms with Crippen LogP contribution in [0.15, 0.2) is 103 Å². The maximum absolute atomic E-state index is 13.3. The minimum atomic E-state index is -1.48. The average molecular weight is 436 g/mol. The van der Waals surface area contributed by atoms with E-state index in [2.05, 4.69) is 5.32 Å². The van der Waals surface area contributed by atoms with Crippen molar-refractivity contribution in [2.75, 3.05) is 0 Å². The fourth-order valence-corrected chi connectivity index (χ4v) is 4.11. The Morgan fingerprint density at radius 1 is 0.667 bits per heavy atom. The third kappa shape index (κ3) is 4.74. The van der Waals surface area contributed by atoms with Crippen molar-refractivity contribution in [3.8, 4) is 0 Å². The van der Waals surface area contributed by atoms with E-state index in [1.54, 1.807) is 0 Å². The van der Waals surface area contributed by atoms with Gasteiger partial charge < -0.3 is 10.4 Å². The second kappa shape index (κ2) is 9.43. The van der Waals surface area contributed by atoms with Crippen molar-refractivity contribution in [2.45, 2.75) is 32.4 Å². The summed E-state index contributed by atoms with van der Waals surface area (Å²) in [5, 5.41) is 15.6. The molecule has 0 aliphatic carbocycles. The molecule has 0 aliphatic rings. The zero-order valence-electron chi connectivity index (χ0n) is 19.2. The minimum absolute atomic E-state index is 0.235. The van der Waals surface area contributed by atoms with Gasteiger partial charge >= 0.3 is 0 Å². The third-order valence-corrected chi connectivity index (χ3v) is 6.12. The highest BCUT2D eigenvalue weighted by Crippen LogP contribution is 2.41. The summed E-state index contributed by atoms with van der Waals surface area (Å²) >= 11 is 0. The molecule has 4 aromatic carbocycles. The number of hydrogen-bond donors (Lipinski definition) is 2. The van der Waals surface area contributed by atoms with Crippen molar-refractivity contribution in [2.24, 2.45) is 0 Å². The number of aryl methyl sites for hydroxylation is 3. The summed E-state index contributed by atoms with van der Waals surface area (Å²) in [6.07, 6.45) is 0. The highest BCUT2D eigenvalue weighted by atomic mass is 16.3. The third-order valence-electron chi connectivity index (χ3n) is 6.12. The van der Waals surface area contributed by atoms with Crippen molar-refractivity contribution in [1.82, 2.24) is 5.32 Å². The lowest BCUT2D eigenvalue weighted by Gasteiger charge is -2.38. The predicted molar refractivity (Wildman–Crippen MR) is 133 cm³/mol. The summed E-state index contributed by atoms with van der Waals surface area (Å²) in [5.41, 5.74) is 4.61. The fraction of sp³-hybridized carbons (Fsp3) is 0.167. The number of benzene rings is 4. The van der Waals surface area contributed by atoms with Gasteiger partial charge in [-0.1, -0.05) is 108 Å². The molecule has 0 bridgehead atoms. The Morgan fingerprint density at radius 2 is 1.09 bits per heavy atom. The molecule has 1 amide bonds. The Hall–Kier alpha value is -3.69. The largest absolute Gasteiger partial charge is 0.378 e. The highest BCUT2D eigenvalue weighted by molar-refractivity contribution is 5.94. The Kier molecular flexibility index (Phi) is 6.43. The Morgan fingerprint density at radius 3 is 1.55 bits per heavy atom. The maximum atomic E-state index is 13.3. The molecule has 0 spiro atoms. The summed E-state index contributed by atoms with van der Waals surface area (Å²) in [5.74, 6) is -0.235. The molecule has 166 valence electrons. The second-order valence-electron chi connectivity index (χ2n) is 8.68. The molecule has 0 saturated heterocycles. The monoisotopic (exact) mass is 435 g/mol. The van der Waals surface area contributed by atoms with Crippen molar-refractivity contribution in [3.05, 3.63) is 142 Å². The van der Waals surface area contributed by atoms with Gasteiger partial charge in [-0.25, -0.2) is 0 Å². The molecule has 0 radical (unpaired) electrons. The normalized spacial score (nSPS) is 12.2. The molecule has 3 nitrogen and oxygen atoms in total. The van der Waals surface area contributed by atoms with Crippen LogP contribution in [0.5, 0.6) is 0 Å². The van der Waals surface area contributed by atoms with Crippen LogP contribution in [0.4, 0.5) is 0 Å². The van der Waals surface area contributed by atoms with Gasteiger partial charge in [0.05, 0.1) is 6.04 Å². The van der Waals surface area contributed by atoms with E-state index in [4.69, 9.17) is 0 Å². The Labute approximate surface area is 195 Å². The molecule has 1 atom stereocenters. The molecule has 4 aromatic rings. The van der Waals surface area contributed by atoms with Crippen molar-refractivity contribution >= 4 is 5.91 Å². The minimum Gasteiger partial charge on any atom is -0.378 e. The lowest BCUT2D eigenvalue weighted by atomic mass is 9.76. The first kappa shape index (κ1) is 22.5. The van der Waals surface area contributed by atoms with Gasteiger partial charge in [0.15, 0.2) is 0 Å². The maximum Gasteiger partial charge on any atom is 0.251 e. The fourth-order valence-electron chi connectivity index (χ4n) is 4.11. The number of amides is 1. The predicted octanol–water partition coefficient (Wildman–Crippen LogP) is 6.02. The number of nitrogens with one attached hydrogen (secondary N) is 1. The number of carbonyl (C=O) groups is 1.